The van der Waals surface area contributed by atoms with E-state index in [1.165, 1.54) is 17.3 Å². The molecule has 1 saturated heterocycles. The maximum atomic E-state index is 13.8. The van der Waals surface area contributed by atoms with E-state index in [9.17, 15) is 8.78 Å². The Morgan fingerprint density at radius 3 is 2.32 bits per heavy atom. The van der Waals surface area contributed by atoms with Crippen LogP contribution in [0.2, 0.25) is 0 Å². The first kappa shape index (κ1) is 22.4. The highest BCUT2D eigenvalue weighted by molar-refractivity contribution is 5.66. The van der Waals surface area contributed by atoms with Gasteiger partial charge >= 0.3 is 0 Å². The molecule has 0 aromatic heterocycles. The van der Waals surface area contributed by atoms with E-state index in [1.54, 1.807) is 13.0 Å². The van der Waals surface area contributed by atoms with Crippen molar-refractivity contribution in [3.05, 3.63) is 52.7 Å². The molecule has 3 nitrogen and oxygen atoms in total. The van der Waals surface area contributed by atoms with Crippen LogP contribution in [0.5, 0.6) is 0 Å². The van der Waals surface area contributed by atoms with Gasteiger partial charge in [-0.05, 0) is 40.2 Å². The van der Waals surface area contributed by atoms with E-state index in [0.29, 0.717) is 11.3 Å². The second-order valence-corrected chi connectivity index (χ2v) is 8.26. The van der Waals surface area contributed by atoms with Crippen molar-refractivity contribution in [2.75, 3.05) is 32.7 Å². The predicted molar refractivity (Wildman–Crippen MR) is 114 cm³/mol. The number of hydrogen-bond acceptors (Lipinski definition) is 3. The Bertz CT molecular complexity index is 722. The average molecular weight is 392 g/mol. The minimum atomic E-state index is -2.85. The summed E-state index contributed by atoms with van der Waals surface area (Å²) in [7, 11) is 0. The average Bonchev–Trinajstić information content (AvgIpc) is 2.60. The third kappa shape index (κ3) is 5.57. The highest BCUT2D eigenvalue weighted by atomic mass is 19.3. The van der Waals surface area contributed by atoms with Crippen molar-refractivity contribution in [3.8, 4) is 0 Å². The van der Waals surface area contributed by atoms with Crippen LogP contribution >= 0.6 is 0 Å². The van der Waals surface area contributed by atoms with Crippen LogP contribution in [-0.4, -0.2) is 48.6 Å². The Morgan fingerprint density at radius 1 is 1.18 bits per heavy atom. The van der Waals surface area contributed by atoms with Gasteiger partial charge in [-0.3, -0.25) is 4.90 Å². The van der Waals surface area contributed by atoms with Crippen molar-refractivity contribution in [1.82, 2.24) is 15.1 Å². The molecule has 0 radical (unpaired) electrons. The van der Waals surface area contributed by atoms with Gasteiger partial charge in [-0.25, -0.2) is 8.78 Å². The van der Waals surface area contributed by atoms with Gasteiger partial charge in [0.2, 0.25) is 0 Å². The second kappa shape index (κ2) is 9.08. The number of alkyl halides is 2. The summed E-state index contributed by atoms with van der Waals surface area (Å²) >= 11 is 0. The van der Waals surface area contributed by atoms with E-state index in [0.717, 1.165) is 45.2 Å². The lowest BCUT2D eigenvalue weighted by Crippen LogP contribution is -2.49. The molecule has 1 aromatic rings. The van der Waals surface area contributed by atoms with Crippen molar-refractivity contribution < 1.29 is 8.78 Å². The molecule has 0 unspecified atom stereocenters. The maximum Gasteiger partial charge on any atom is 0.270 e. The summed E-state index contributed by atoms with van der Waals surface area (Å²) in [6.45, 7) is 20.4. The number of piperazine rings is 1. The maximum absolute atomic E-state index is 13.8. The molecule has 2 rings (SSSR count). The molecule has 1 fully saturated rings. The van der Waals surface area contributed by atoms with Crippen molar-refractivity contribution in [1.29, 1.82) is 0 Å². The lowest BCUT2D eigenvalue weighted by Gasteiger charge is -2.38. The fourth-order valence-corrected chi connectivity index (χ4v) is 3.83. The lowest BCUT2D eigenvalue weighted by atomic mass is 9.96. The van der Waals surface area contributed by atoms with Crippen LogP contribution in [0.4, 0.5) is 8.78 Å². The number of allylic oxidation sites excluding steroid dienone is 2. The van der Waals surface area contributed by atoms with Crippen LogP contribution in [0.3, 0.4) is 0 Å². The van der Waals surface area contributed by atoms with Crippen molar-refractivity contribution in [2.24, 2.45) is 0 Å². The highest BCUT2D eigenvalue weighted by Crippen LogP contribution is 2.32. The predicted octanol–water partition coefficient (Wildman–Crippen LogP) is 4.99. The Kier molecular flexibility index (Phi) is 7.27. The minimum absolute atomic E-state index is 0.0615. The SMILES string of the molecule is C=C(N[C@@H](C)CN1CCN(C(C)=C(C)C)CC1)c1cccc(C(C)(F)F)c1C. The van der Waals surface area contributed by atoms with Crippen LogP contribution in [-0.2, 0) is 5.92 Å². The Labute approximate surface area is 169 Å². The molecular formula is C23H35F2N3. The molecular weight excluding hydrogens is 356 g/mol. The van der Waals surface area contributed by atoms with Gasteiger partial charge in [0.25, 0.3) is 5.92 Å². The van der Waals surface area contributed by atoms with Crippen LogP contribution in [0, 0.1) is 6.92 Å². The first-order valence-electron chi connectivity index (χ1n) is 10.1. The molecule has 0 aliphatic carbocycles. The zero-order valence-electron chi connectivity index (χ0n) is 18.2. The van der Waals surface area contributed by atoms with E-state index < -0.39 is 5.92 Å². The zero-order chi connectivity index (χ0) is 21.1. The molecule has 5 heteroatoms. The summed E-state index contributed by atoms with van der Waals surface area (Å²) in [5.41, 5.74) is 4.86. The number of benzene rings is 1. The van der Waals surface area contributed by atoms with Gasteiger partial charge in [0, 0.05) is 68.2 Å². The summed E-state index contributed by atoms with van der Waals surface area (Å²) in [6, 6.07) is 5.21. The summed E-state index contributed by atoms with van der Waals surface area (Å²) in [5.74, 6) is -2.85. The molecule has 1 atom stereocenters. The van der Waals surface area contributed by atoms with E-state index in [-0.39, 0.29) is 11.6 Å². The van der Waals surface area contributed by atoms with Gasteiger partial charge in [0.05, 0.1) is 0 Å². The molecule has 0 bridgehead atoms. The molecule has 1 aliphatic heterocycles. The quantitative estimate of drug-likeness (QED) is 0.707. The molecule has 28 heavy (non-hydrogen) atoms. The first-order chi connectivity index (χ1) is 13.0. The highest BCUT2D eigenvalue weighted by Gasteiger charge is 2.27. The van der Waals surface area contributed by atoms with Crippen molar-refractivity contribution >= 4 is 5.70 Å². The first-order valence-corrected chi connectivity index (χ1v) is 10.1. The van der Waals surface area contributed by atoms with Crippen molar-refractivity contribution in [2.45, 2.75) is 53.5 Å². The van der Waals surface area contributed by atoms with Gasteiger partial charge in [0.1, 0.15) is 0 Å². The monoisotopic (exact) mass is 391 g/mol. The molecule has 1 heterocycles. The third-order valence-electron chi connectivity index (χ3n) is 5.65. The number of nitrogens with zero attached hydrogens (tertiary/aromatic N) is 2. The Hall–Kier alpha value is -1.88. The van der Waals surface area contributed by atoms with Crippen LogP contribution in [0.15, 0.2) is 36.0 Å². The Morgan fingerprint density at radius 2 is 1.79 bits per heavy atom. The van der Waals surface area contributed by atoms with Crippen LogP contribution < -0.4 is 5.32 Å². The minimum Gasteiger partial charge on any atom is -0.381 e. The van der Waals surface area contributed by atoms with Gasteiger partial charge in [0.15, 0.2) is 0 Å². The summed E-state index contributed by atoms with van der Waals surface area (Å²) in [4.78, 5) is 4.89. The topological polar surface area (TPSA) is 18.5 Å². The van der Waals surface area contributed by atoms with Gasteiger partial charge in [-0.2, -0.15) is 0 Å². The summed E-state index contributed by atoms with van der Waals surface area (Å²) < 4.78 is 27.6. The molecule has 0 spiro atoms. The molecule has 1 N–H and O–H groups in total. The third-order valence-corrected chi connectivity index (χ3v) is 5.65. The van der Waals surface area contributed by atoms with Gasteiger partial charge in [-0.1, -0.05) is 30.4 Å². The molecule has 1 aliphatic rings. The standard InChI is InChI=1S/C23H35F2N3/c1-16(2)20(6)28-13-11-27(12-14-28)15-17(3)26-19(5)21-9-8-10-22(18(21)4)23(7,24)25/h8-10,17,26H,5,11-15H2,1-4,6-7H3/t17-/m0/s1. The van der Waals surface area contributed by atoms with E-state index in [1.807, 2.05) is 6.07 Å². The van der Waals surface area contributed by atoms with Gasteiger partial charge in [-0.15, -0.1) is 0 Å². The number of rotatable bonds is 7. The summed E-state index contributed by atoms with van der Waals surface area (Å²) in [5, 5.41) is 3.41. The number of hydrogen-bond donors (Lipinski definition) is 1. The van der Waals surface area contributed by atoms with Crippen LogP contribution in [0.1, 0.15) is 51.3 Å². The number of nitrogens with one attached hydrogen (secondary N) is 1. The lowest BCUT2D eigenvalue weighted by molar-refractivity contribution is 0.0168. The molecule has 0 amide bonds. The largest absolute Gasteiger partial charge is 0.381 e. The number of halogens is 2. The van der Waals surface area contributed by atoms with E-state index in [2.05, 4.69) is 49.4 Å². The fraction of sp³-hybridized carbons (Fsp3) is 0.565. The fourth-order valence-electron chi connectivity index (χ4n) is 3.83. The zero-order valence-corrected chi connectivity index (χ0v) is 18.2. The van der Waals surface area contributed by atoms with Crippen molar-refractivity contribution in [3.63, 3.8) is 0 Å². The molecule has 1 aromatic carbocycles. The summed E-state index contributed by atoms with van der Waals surface area (Å²) in [6.07, 6.45) is 0. The molecule has 156 valence electrons. The Balaban J connectivity index is 1.93. The second-order valence-electron chi connectivity index (χ2n) is 8.26. The normalized spacial score (nSPS) is 16.6. The van der Waals surface area contributed by atoms with Gasteiger partial charge < -0.3 is 10.2 Å². The van der Waals surface area contributed by atoms with Crippen LogP contribution in [0.25, 0.3) is 5.70 Å². The smallest absolute Gasteiger partial charge is 0.270 e. The molecule has 0 saturated carbocycles. The van der Waals surface area contributed by atoms with E-state index >= 15 is 0 Å². The van der Waals surface area contributed by atoms with E-state index in [4.69, 9.17) is 0 Å².